The molecule has 1 amide bonds. The first kappa shape index (κ1) is 22.2. The number of rotatable bonds is 8. The van der Waals surface area contributed by atoms with E-state index < -0.39 is 0 Å². The Balaban J connectivity index is 1.20. The minimum atomic E-state index is 0.144. The molecule has 174 valence electrons. The zero-order chi connectivity index (χ0) is 22.5. The summed E-state index contributed by atoms with van der Waals surface area (Å²) in [5.74, 6) is 1.82. The summed E-state index contributed by atoms with van der Waals surface area (Å²) in [6.45, 7) is 5.82. The van der Waals surface area contributed by atoms with E-state index in [4.69, 9.17) is 9.15 Å². The summed E-state index contributed by atoms with van der Waals surface area (Å²) >= 11 is 1.44. The van der Waals surface area contributed by atoms with Gasteiger partial charge >= 0.3 is 0 Å². The van der Waals surface area contributed by atoms with Gasteiger partial charge in [0.2, 0.25) is 11.7 Å². The topological polar surface area (TPSA) is 76.6 Å². The van der Waals surface area contributed by atoms with Crippen molar-refractivity contribution in [2.45, 2.75) is 30.6 Å². The van der Waals surface area contributed by atoms with E-state index in [9.17, 15) is 4.79 Å². The van der Waals surface area contributed by atoms with E-state index in [1.165, 1.54) is 11.8 Å². The number of ether oxygens (including phenoxy) is 1. The molecule has 8 nitrogen and oxygen atoms in total. The van der Waals surface area contributed by atoms with Gasteiger partial charge in [-0.15, -0.1) is 10.2 Å². The Kier molecular flexibility index (Phi) is 7.09. The standard InChI is InChI=1S/C24H29N5O3S/c30-22(28-12-10-27(11-13-28)17-20-8-4-14-31-20)18-33-24-26-25-23(21-9-5-15-32-21)29(24)16-19-6-2-1-3-7-19/h1-3,5-7,9,15,20H,4,8,10-14,16-18H2. The molecular formula is C24H29N5O3S. The van der Waals surface area contributed by atoms with Crippen LogP contribution in [0.25, 0.3) is 11.6 Å². The Hall–Kier alpha value is -2.62. The first-order chi connectivity index (χ1) is 16.3. The van der Waals surface area contributed by atoms with Gasteiger partial charge in [0.25, 0.3) is 0 Å². The second kappa shape index (κ2) is 10.5. The van der Waals surface area contributed by atoms with Crippen LogP contribution in [0.2, 0.25) is 0 Å². The highest BCUT2D eigenvalue weighted by Gasteiger charge is 2.25. The maximum Gasteiger partial charge on any atom is 0.233 e. The molecule has 2 aliphatic rings. The van der Waals surface area contributed by atoms with Crippen molar-refractivity contribution in [3.05, 3.63) is 54.3 Å². The van der Waals surface area contributed by atoms with Gasteiger partial charge in [0.15, 0.2) is 10.9 Å². The summed E-state index contributed by atoms with van der Waals surface area (Å²) in [4.78, 5) is 17.3. The molecule has 9 heteroatoms. The molecule has 0 saturated carbocycles. The molecule has 3 aromatic rings. The molecular weight excluding hydrogens is 438 g/mol. The second-order valence-corrected chi connectivity index (χ2v) is 9.40. The van der Waals surface area contributed by atoms with Crippen molar-refractivity contribution in [1.82, 2.24) is 24.6 Å². The fraction of sp³-hybridized carbons (Fsp3) is 0.458. The van der Waals surface area contributed by atoms with Crippen LogP contribution in [-0.2, 0) is 16.1 Å². The maximum absolute atomic E-state index is 12.9. The zero-order valence-corrected chi connectivity index (χ0v) is 19.5. The molecule has 2 aromatic heterocycles. The van der Waals surface area contributed by atoms with Crippen LogP contribution in [-0.4, -0.2) is 81.7 Å². The molecule has 1 aromatic carbocycles. The van der Waals surface area contributed by atoms with Gasteiger partial charge in [0.05, 0.1) is 24.7 Å². The predicted molar refractivity (Wildman–Crippen MR) is 126 cm³/mol. The van der Waals surface area contributed by atoms with Crippen LogP contribution in [0.1, 0.15) is 18.4 Å². The fourth-order valence-corrected chi connectivity index (χ4v) is 5.21. The lowest BCUT2D eigenvalue weighted by atomic mass is 10.2. The number of piperazine rings is 1. The third-order valence-electron chi connectivity index (χ3n) is 6.18. The van der Waals surface area contributed by atoms with Gasteiger partial charge in [0.1, 0.15) is 0 Å². The van der Waals surface area contributed by atoms with Gasteiger partial charge in [-0.2, -0.15) is 0 Å². The van der Waals surface area contributed by atoms with Gasteiger partial charge in [-0.1, -0.05) is 42.1 Å². The van der Waals surface area contributed by atoms with Gasteiger partial charge in [-0.05, 0) is 30.5 Å². The SMILES string of the molecule is O=C(CSc1nnc(-c2ccco2)n1Cc1ccccc1)N1CCN(CC2CCCO2)CC1. The summed E-state index contributed by atoms with van der Waals surface area (Å²) in [5, 5.41) is 9.45. The minimum absolute atomic E-state index is 0.144. The number of amides is 1. The van der Waals surface area contributed by atoms with Crippen LogP contribution in [0.3, 0.4) is 0 Å². The highest BCUT2D eigenvalue weighted by atomic mass is 32.2. The largest absolute Gasteiger partial charge is 0.461 e. The number of nitrogens with zero attached hydrogens (tertiary/aromatic N) is 5. The maximum atomic E-state index is 12.9. The van der Waals surface area contributed by atoms with Crippen LogP contribution >= 0.6 is 11.8 Å². The van der Waals surface area contributed by atoms with Crippen LogP contribution in [0.5, 0.6) is 0 Å². The number of hydrogen-bond acceptors (Lipinski definition) is 7. The van der Waals surface area contributed by atoms with E-state index >= 15 is 0 Å². The van der Waals surface area contributed by atoms with Gasteiger partial charge in [-0.25, -0.2) is 0 Å². The van der Waals surface area contributed by atoms with Crippen molar-refractivity contribution < 1.29 is 13.9 Å². The average molecular weight is 468 g/mol. The number of thioether (sulfide) groups is 1. The van der Waals surface area contributed by atoms with E-state index in [1.54, 1.807) is 6.26 Å². The van der Waals surface area contributed by atoms with Crippen molar-refractivity contribution in [3.8, 4) is 11.6 Å². The lowest BCUT2D eigenvalue weighted by Crippen LogP contribution is -2.50. The first-order valence-electron chi connectivity index (χ1n) is 11.5. The molecule has 2 aliphatic heterocycles. The summed E-state index contributed by atoms with van der Waals surface area (Å²) < 4.78 is 13.3. The smallest absolute Gasteiger partial charge is 0.233 e. The van der Waals surface area contributed by atoms with Crippen molar-refractivity contribution in [2.75, 3.05) is 45.1 Å². The minimum Gasteiger partial charge on any atom is -0.461 e. The highest BCUT2D eigenvalue weighted by Crippen LogP contribution is 2.26. The fourth-order valence-electron chi connectivity index (χ4n) is 4.37. The van der Waals surface area contributed by atoms with Crippen molar-refractivity contribution in [2.24, 2.45) is 0 Å². The summed E-state index contributed by atoms with van der Waals surface area (Å²) in [7, 11) is 0. The molecule has 1 unspecified atom stereocenters. The van der Waals surface area contributed by atoms with Gasteiger partial charge < -0.3 is 14.1 Å². The Bertz CT molecular complexity index is 1030. The van der Waals surface area contributed by atoms with E-state index in [-0.39, 0.29) is 5.91 Å². The van der Waals surface area contributed by atoms with E-state index in [0.717, 1.165) is 62.9 Å². The predicted octanol–water partition coefficient (Wildman–Crippen LogP) is 3.00. The molecule has 33 heavy (non-hydrogen) atoms. The number of hydrogen-bond donors (Lipinski definition) is 0. The second-order valence-electron chi connectivity index (χ2n) is 8.46. The van der Waals surface area contributed by atoms with Crippen molar-refractivity contribution in [3.63, 3.8) is 0 Å². The molecule has 1 atom stereocenters. The molecule has 0 bridgehead atoms. The average Bonchev–Trinajstić information content (AvgIpc) is 3.62. The highest BCUT2D eigenvalue weighted by molar-refractivity contribution is 7.99. The molecule has 0 radical (unpaired) electrons. The number of aromatic nitrogens is 3. The van der Waals surface area contributed by atoms with Crippen LogP contribution in [0.15, 0.2) is 58.3 Å². The number of carbonyl (C=O) groups is 1. The Morgan fingerprint density at radius 3 is 2.64 bits per heavy atom. The lowest BCUT2D eigenvalue weighted by Gasteiger charge is -2.35. The Morgan fingerprint density at radius 1 is 1.06 bits per heavy atom. The first-order valence-corrected chi connectivity index (χ1v) is 12.5. The Labute approximate surface area is 197 Å². The third kappa shape index (κ3) is 5.48. The zero-order valence-electron chi connectivity index (χ0n) is 18.6. The number of carbonyl (C=O) groups excluding carboxylic acids is 1. The normalized spacial score (nSPS) is 19.3. The number of furan rings is 1. The van der Waals surface area contributed by atoms with E-state index in [1.807, 2.05) is 39.8 Å². The van der Waals surface area contributed by atoms with Gasteiger partial charge in [0, 0.05) is 39.3 Å². The summed E-state index contributed by atoms with van der Waals surface area (Å²) in [6.07, 6.45) is 4.31. The quantitative estimate of drug-likeness (QED) is 0.472. The molecule has 0 spiro atoms. The molecule has 0 N–H and O–H groups in total. The molecule has 2 saturated heterocycles. The lowest BCUT2D eigenvalue weighted by molar-refractivity contribution is -0.130. The van der Waals surface area contributed by atoms with Crippen LogP contribution in [0, 0.1) is 0 Å². The summed E-state index contributed by atoms with van der Waals surface area (Å²) in [6, 6.07) is 13.9. The number of benzene rings is 1. The molecule has 2 fully saturated rings. The monoisotopic (exact) mass is 467 g/mol. The summed E-state index contributed by atoms with van der Waals surface area (Å²) in [5.41, 5.74) is 1.14. The van der Waals surface area contributed by atoms with E-state index in [0.29, 0.717) is 30.0 Å². The van der Waals surface area contributed by atoms with Crippen molar-refractivity contribution in [1.29, 1.82) is 0 Å². The molecule has 0 aliphatic carbocycles. The van der Waals surface area contributed by atoms with Crippen LogP contribution in [0.4, 0.5) is 0 Å². The molecule has 4 heterocycles. The van der Waals surface area contributed by atoms with E-state index in [2.05, 4.69) is 27.2 Å². The Morgan fingerprint density at radius 2 is 1.91 bits per heavy atom. The van der Waals surface area contributed by atoms with Gasteiger partial charge in [-0.3, -0.25) is 14.3 Å². The van der Waals surface area contributed by atoms with Crippen molar-refractivity contribution >= 4 is 17.7 Å². The molecule has 5 rings (SSSR count). The van der Waals surface area contributed by atoms with Crippen LogP contribution < -0.4 is 0 Å². The third-order valence-corrected chi connectivity index (χ3v) is 7.13.